The Balaban J connectivity index is 1.50. The van der Waals surface area contributed by atoms with Crippen molar-refractivity contribution in [1.82, 2.24) is 10.6 Å². The van der Waals surface area contributed by atoms with Crippen molar-refractivity contribution in [1.29, 1.82) is 0 Å². The Kier molecular flexibility index (Phi) is 4.24. The van der Waals surface area contributed by atoms with Gasteiger partial charge in [0.2, 0.25) is 5.91 Å². The molecule has 21 heavy (non-hydrogen) atoms. The Morgan fingerprint density at radius 1 is 1.43 bits per heavy atom. The van der Waals surface area contributed by atoms with E-state index in [4.69, 9.17) is 0 Å². The van der Waals surface area contributed by atoms with Gasteiger partial charge in [0.15, 0.2) is 0 Å². The van der Waals surface area contributed by atoms with Crippen LogP contribution >= 0.6 is 0 Å². The van der Waals surface area contributed by atoms with Gasteiger partial charge >= 0.3 is 0 Å². The number of hydrogen-bond acceptors (Lipinski definition) is 2. The monoisotopic (exact) mass is 290 g/mol. The molecule has 0 radical (unpaired) electrons. The number of fused-ring (bicyclic) bond motifs is 1. The van der Waals surface area contributed by atoms with E-state index in [1.54, 1.807) is 12.1 Å². The molecule has 2 fully saturated rings. The van der Waals surface area contributed by atoms with E-state index in [0.29, 0.717) is 18.4 Å². The van der Waals surface area contributed by atoms with E-state index < -0.39 is 0 Å². The van der Waals surface area contributed by atoms with Crippen LogP contribution in [0.3, 0.4) is 0 Å². The molecule has 1 saturated heterocycles. The highest BCUT2D eigenvalue weighted by Crippen LogP contribution is 2.37. The third-order valence-corrected chi connectivity index (χ3v) is 5.03. The number of rotatable bonds is 4. The average Bonchev–Trinajstić information content (AvgIpc) is 3.03. The maximum Gasteiger partial charge on any atom is 0.237 e. The highest BCUT2D eigenvalue weighted by atomic mass is 19.1. The Morgan fingerprint density at radius 2 is 2.29 bits per heavy atom. The molecule has 3 unspecified atom stereocenters. The van der Waals surface area contributed by atoms with Gasteiger partial charge < -0.3 is 10.6 Å². The number of amides is 1. The summed E-state index contributed by atoms with van der Waals surface area (Å²) in [6, 6.07) is 4.81. The van der Waals surface area contributed by atoms with Gasteiger partial charge in [-0.1, -0.05) is 12.5 Å². The van der Waals surface area contributed by atoms with Crippen LogP contribution < -0.4 is 10.6 Å². The van der Waals surface area contributed by atoms with Crippen molar-refractivity contribution in [2.75, 3.05) is 13.1 Å². The molecule has 1 heterocycles. The Hall–Kier alpha value is -1.42. The summed E-state index contributed by atoms with van der Waals surface area (Å²) in [4.78, 5) is 12.3. The van der Waals surface area contributed by atoms with E-state index in [1.165, 1.54) is 25.3 Å². The van der Waals surface area contributed by atoms with Crippen LogP contribution in [-0.4, -0.2) is 25.0 Å². The number of aryl methyl sites for hydroxylation is 1. The van der Waals surface area contributed by atoms with E-state index in [0.717, 1.165) is 24.1 Å². The number of hydrogen-bond donors (Lipinski definition) is 2. The molecule has 0 bridgehead atoms. The summed E-state index contributed by atoms with van der Waals surface area (Å²) in [5, 5.41) is 6.40. The lowest BCUT2D eigenvalue weighted by atomic mass is 9.93. The van der Waals surface area contributed by atoms with E-state index in [2.05, 4.69) is 10.6 Å². The van der Waals surface area contributed by atoms with Gasteiger partial charge in [-0.05, 0) is 67.8 Å². The molecule has 3 atom stereocenters. The number of nitrogens with one attached hydrogen (secondary N) is 2. The largest absolute Gasteiger partial charge is 0.354 e. The molecule has 1 aliphatic heterocycles. The second kappa shape index (κ2) is 6.14. The summed E-state index contributed by atoms with van der Waals surface area (Å²) in [5.41, 5.74) is 2.04. The molecular weight excluding hydrogens is 267 g/mol. The Labute approximate surface area is 125 Å². The van der Waals surface area contributed by atoms with Crippen molar-refractivity contribution in [3.63, 3.8) is 0 Å². The zero-order valence-electron chi connectivity index (χ0n) is 12.5. The van der Waals surface area contributed by atoms with Gasteiger partial charge in [0.1, 0.15) is 5.82 Å². The fraction of sp³-hybridized carbons (Fsp3) is 0.588. The summed E-state index contributed by atoms with van der Waals surface area (Å²) in [5.74, 6) is 1.14. The molecule has 0 aromatic heterocycles. The van der Waals surface area contributed by atoms with Gasteiger partial charge in [-0.25, -0.2) is 4.39 Å². The quantitative estimate of drug-likeness (QED) is 0.892. The first-order chi connectivity index (χ1) is 10.1. The maximum atomic E-state index is 13.0. The van der Waals surface area contributed by atoms with Crippen LogP contribution in [0.15, 0.2) is 18.2 Å². The molecule has 1 aromatic rings. The van der Waals surface area contributed by atoms with E-state index >= 15 is 0 Å². The van der Waals surface area contributed by atoms with Gasteiger partial charge in [0, 0.05) is 6.54 Å². The fourth-order valence-electron chi connectivity index (χ4n) is 3.84. The van der Waals surface area contributed by atoms with E-state index in [9.17, 15) is 9.18 Å². The van der Waals surface area contributed by atoms with E-state index in [1.807, 2.05) is 6.92 Å². The topological polar surface area (TPSA) is 41.1 Å². The van der Waals surface area contributed by atoms with Crippen molar-refractivity contribution in [3.05, 3.63) is 35.1 Å². The summed E-state index contributed by atoms with van der Waals surface area (Å²) >= 11 is 0. The molecular formula is C17H23FN2O. The zero-order chi connectivity index (χ0) is 14.8. The molecule has 2 aliphatic rings. The molecule has 1 aliphatic carbocycles. The first-order valence-corrected chi connectivity index (χ1v) is 7.91. The standard InChI is InChI=1S/C17H23FN2O/c1-11-9-14(18)6-5-12(11)7-8-19-17(21)16-15-4-2-3-13(15)10-20-16/h5-6,9,13,15-16,20H,2-4,7-8,10H2,1H3,(H,19,21). The minimum Gasteiger partial charge on any atom is -0.354 e. The third kappa shape index (κ3) is 3.10. The van der Waals surface area contributed by atoms with Crippen LogP contribution in [0.4, 0.5) is 4.39 Å². The van der Waals surface area contributed by atoms with Crippen LogP contribution in [0.5, 0.6) is 0 Å². The summed E-state index contributed by atoms with van der Waals surface area (Å²) < 4.78 is 13.0. The first kappa shape index (κ1) is 14.5. The summed E-state index contributed by atoms with van der Waals surface area (Å²) in [6.45, 7) is 3.50. The second-order valence-electron chi connectivity index (χ2n) is 6.35. The predicted molar refractivity (Wildman–Crippen MR) is 80.5 cm³/mol. The van der Waals surface area contributed by atoms with Crippen LogP contribution in [0.25, 0.3) is 0 Å². The van der Waals surface area contributed by atoms with Crippen molar-refractivity contribution >= 4 is 5.91 Å². The molecule has 0 spiro atoms. The van der Waals surface area contributed by atoms with Crippen LogP contribution in [0.1, 0.15) is 30.4 Å². The zero-order valence-corrected chi connectivity index (χ0v) is 12.5. The van der Waals surface area contributed by atoms with Gasteiger partial charge in [-0.15, -0.1) is 0 Å². The minimum absolute atomic E-state index is 0.00758. The molecule has 1 aromatic carbocycles. The molecule has 4 heteroatoms. The molecule has 1 amide bonds. The van der Waals surface area contributed by atoms with Crippen LogP contribution in [-0.2, 0) is 11.2 Å². The molecule has 1 saturated carbocycles. The molecule has 114 valence electrons. The molecule has 3 nitrogen and oxygen atoms in total. The summed E-state index contributed by atoms with van der Waals surface area (Å²) in [6.07, 6.45) is 4.44. The highest BCUT2D eigenvalue weighted by molar-refractivity contribution is 5.82. The summed E-state index contributed by atoms with van der Waals surface area (Å²) in [7, 11) is 0. The van der Waals surface area contributed by atoms with Gasteiger partial charge in [0.05, 0.1) is 6.04 Å². The normalized spacial score (nSPS) is 27.6. The first-order valence-electron chi connectivity index (χ1n) is 7.91. The highest BCUT2D eigenvalue weighted by Gasteiger charge is 2.42. The smallest absolute Gasteiger partial charge is 0.237 e. The van der Waals surface area contributed by atoms with Gasteiger partial charge in [-0.3, -0.25) is 4.79 Å². The maximum absolute atomic E-state index is 13.0. The lowest BCUT2D eigenvalue weighted by molar-refractivity contribution is -0.123. The Morgan fingerprint density at radius 3 is 3.10 bits per heavy atom. The predicted octanol–water partition coefficient (Wildman–Crippen LogP) is 2.18. The molecule has 3 rings (SSSR count). The van der Waals surface area contributed by atoms with Gasteiger partial charge in [-0.2, -0.15) is 0 Å². The SMILES string of the molecule is Cc1cc(F)ccc1CCNC(=O)C1NCC2CCCC21. The lowest BCUT2D eigenvalue weighted by Crippen LogP contribution is -2.44. The van der Waals surface area contributed by atoms with Crippen molar-refractivity contribution < 1.29 is 9.18 Å². The van der Waals surface area contributed by atoms with Gasteiger partial charge in [0.25, 0.3) is 0 Å². The lowest BCUT2D eigenvalue weighted by Gasteiger charge is -2.18. The van der Waals surface area contributed by atoms with Crippen molar-refractivity contribution in [2.45, 2.75) is 38.6 Å². The minimum atomic E-state index is -0.206. The fourth-order valence-corrected chi connectivity index (χ4v) is 3.84. The number of benzene rings is 1. The van der Waals surface area contributed by atoms with Crippen LogP contribution in [0, 0.1) is 24.6 Å². The number of carbonyl (C=O) groups excluding carboxylic acids is 1. The Bertz CT molecular complexity index is 532. The average molecular weight is 290 g/mol. The number of halogens is 1. The molecule has 2 N–H and O–H groups in total. The van der Waals surface area contributed by atoms with Crippen LogP contribution in [0.2, 0.25) is 0 Å². The van der Waals surface area contributed by atoms with Crippen molar-refractivity contribution in [3.8, 4) is 0 Å². The second-order valence-corrected chi connectivity index (χ2v) is 6.35. The third-order valence-electron chi connectivity index (χ3n) is 5.03. The number of carbonyl (C=O) groups is 1. The van der Waals surface area contributed by atoms with E-state index in [-0.39, 0.29) is 17.8 Å². The van der Waals surface area contributed by atoms with Crippen molar-refractivity contribution in [2.24, 2.45) is 11.8 Å².